The van der Waals surface area contributed by atoms with Crippen LogP contribution in [0, 0.1) is 5.82 Å². The molecular formula is C23H15F4N3O3. The molecule has 2 amide bonds. The van der Waals surface area contributed by atoms with Crippen LogP contribution in [0.1, 0.15) is 21.6 Å². The molecule has 0 spiro atoms. The van der Waals surface area contributed by atoms with E-state index in [1.807, 2.05) is 0 Å². The van der Waals surface area contributed by atoms with Crippen LogP contribution in [0.5, 0.6) is 0 Å². The second-order valence-corrected chi connectivity index (χ2v) is 7.04. The van der Waals surface area contributed by atoms with Crippen molar-refractivity contribution in [3.05, 3.63) is 89.4 Å². The van der Waals surface area contributed by atoms with Gasteiger partial charge in [0, 0.05) is 11.1 Å². The molecule has 2 N–H and O–H groups in total. The van der Waals surface area contributed by atoms with Crippen LogP contribution < -0.4 is 10.6 Å². The van der Waals surface area contributed by atoms with E-state index < -0.39 is 35.1 Å². The number of fused-ring (bicyclic) bond motifs is 1. The number of para-hydroxylation sites is 1. The van der Waals surface area contributed by atoms with E-state index in [9.17, 15) is 27.2 Å². The lowest BCUT2D eigenvalue weighted by molar-refractivity contribution is -0.136. The van der Waals surface area contributed by atoms with Crippen molar-refractivity contribution in [1.82, 2.24) is 5.16 Å². The number of carbonyl (C=O) groups is 2. The molecule has 6 nitrogen and oxygen atoms in total. The number of benzene rings is 3. The van der Waals surface area contributed by atoms with Gasteiger partial charge in [0.05, 0.1) is 23.2 Å². The molecule has 0 saturated carbocycles. The van der Waals surface area contributed by atoms with Crippen LogP contribution in [0.3, 0.4) is 0 Å². The Morgan fingerprint density at radius 3 is 2.42 bits per heavy atom. The van der Waals surface area contributed by atoms with E-state index in [-0.39, 0.29) is 23.4 Å². The van der Waals surface area contributed by atoms with Crippen LogP contribution in [0.2, 0.25) is 0 Å². The number of aromatic nitrogens is 1. The monoisotopic (exact) mass is 457 g/mol. The van der Waals surface area contributed by atoms with Crippen molar-refractivity contribution in [2.45, 2.75) is 12.6 Å². The molecule has 0 fully saturated rings. The number of anilines is 2. The zero-order valence-electron chi connectivity index (χ0n) is 16.7. The van der Waals surface area contributed by atoms with E-state index in [1.165, 1.54) is 24.3 Å². The highest BCUT2D eigenvalue weighted by Gasteiger charge is 2.34. The normalized spacial score (nSPS) is 11.4. The third-order valence-electron chi connectivity index (χ3n) is 4.76. The molecule has 3 aromatic carbocycles. The summed E-state index contributed by atoms with van der Waals surface area (Å²) in [6.07, 6.45) is -5.14. The molecule has 1 heterocycles. The second-order valence-electron chi connectivity index (χ2n) is 7.04. The molecule has 4 rings (SSSR count). The van der Waals surface area contributed by atoms with Crippen LogP contribution >= 0.6 is 0 Å². The Balaban J connectivity index is 1.55. The van der Waals surface area contributed by atoms with Crippen molar-refractivity contribution < 1.29 is 31.7 Å². The minimum atomic E-state index is -4.83. The molecule has 0 radical (unpaired) electrons. The Kier molecular flexibility index (Phi) is 5.82. The maximum atomic E-state index is 13.8. The molecular weight excluding hydrogens is 442 g/mol. The van der Waals surface area contributed by atoms with Gasteiger partial charge in [-0.2, -0.15) is 13.2 Å². The first kappa shape index (κ1) is 22.0. The maximum Gasteiger partial charge on any atom is 0.418 e. The summed E-state index contributed by atoms with van der Waals surface area (Å²) in [6.45, 7) is 0. The van der Waals surface area contributed by atoms with Gasteiger partial charge in [0.1, 0.15) is 11.5 Å². The zero-order chi connectivity index (χ0) is 23.6. The standard InChI is InChI=1S/C23H15F4N3O3/c24-17-7-3-1-5-14(17)22(32)28-13-9-10-18(16(11-13)23(25,26)27)29-21(31)12-19-15-6-2-4-8-20(15)33-30-19/h1-11H,12H2,(H,28,32)(H,29,31). The van der Waals surface area contributed by atoms with Crippen molar-refractivity contribution in [2.24, 2.45) is 0 Å². The van der Waals surface area contributed by atoms with Gasteiger partial charge in [0.15, 0.2) is 5.58 Å². The van der Waals surface area contributed by atoms with Crippen molar-refractivity contribution in [3.63, 3.8) is 0 Å². The molecule has 10 heteroatoms. The summed E-state index contributed by atoms with van der Waals surface area (Å²) in [4.78, 5) is 24.6. The Labute approximate surface area is 184 Å². The highest BCUT2D eigenvalue weighted by Crippen LogP contribution is 2.37. The molecule has 0 aliphatic rings. The van der Waals surface area contributed by atoms with Gasteiger partial charge >= 0.3 is 6.18 Å². The molecule has 4 aromatic rings. The number of nitrogens with one attached hydrogen (secondary N) is 2. The molecule has 0 bridgehead atoms. The fourth-order valence-corrected chi connectivity index (χ4v) is 3.22. The van der Waals surface area contributed by atoms with E-state index in [4.69, 9.17) is 4.52 Å². The van der Waals surface area contributed by atoms with Crippen LogP contribution in [0.15, 0.2) is 71.3 Å². The van der Waals surface area contributed by atoms with Gasteiger partial charge in [-0.15, -0.1) is 0 Å². The number of amides is 2. The first-order valence-electron chi connectivity index (χ1n) is 9.62. The van der Waals surface area contributed by atoms with Crippen LogP contribution in [0.4, 0.5) is 28.9 Å². The minimum Gasteiger partial charge on any atom is -0.356 e. The summed E-state index contributed by atoms with van der Waals surface area (Å²) in [7, 11) is 0. The van der Waals surface area contributed by atoms with Crippen molar-refractivity contribution in [2.75, 3.05) is 10.6 Å². The van der Waals surface area contributed by atoms with Crippen molar-refractivity contribution in [3.8, 4) is 0 Å². The summed E-state index contributed by atoms with van der Waals surface area (Å²) in [5.74, 6) is -2.45. The van der Waals surface area contributed by atoms with Crippen LogP contribution in [-0.2, 0) is 17.4 Å². The first-order valence-corrected chi connectivity index (χ1v) is 9.62. The van der Waals surface area contributed by atoms with E-state index in [2.05, 4.69) is 15.8 Å². The summed E-state index contributed by atoms with van der Waals surface area (Å²) in [5, 5.41) is 8.84. The highest BCUT2D eigenvalue weighted by molar-refractivity contribution is 6.04. The summed E-state index contributed by atoms with van der Waals surface area (Å²) >= 11 is 0. The van der Waals surface area contributed by atoms with E-state index in [0.29, 0.717) is 17.0 Å². The molecule has 168 valence electrons. The maximum absolute atomic E-state index is 13.8. The molecule has 0 atom stereocenters. The fraction of sp³-hybridized carbons (Fsp3) is 0.0870. The van der Waals surface area contributed by atoms with Gasteiger partial charge in [-0.05, 0) is 42.5 Å². The predicted molar refractivity (Wildman–Crippen MR) is 112 cm³/mol. The first-order chi connectivity index (χ1) is 15.7. The number of halogens is 4. The lowest BCUT2D eigenvalue weighted by Crippen LogP contribution is -2.19. The van der Waals surface area contributed by atoms with E-state index in [0.717, 1.165) is 12.1 Å². The SMILES string of the molecule is O=C(Cc1noc2ccccc12)Nc1ccc(NC(=O)c2ccccc2F)cc1C(F)(F)F. The summed E-state index contributed by atoms with van der Waals surface area (Å²) in [6, 6.07) is 14.7. The minimum absolute atomic E-state index is 0.212. The quantitative estimate of drug-likeness (QED) is 0.392. The van der Waals surface area contributed by atoms with Gasteiger partial charge in [0.2, 0.25) is 5.91 Å². The zero-order valence-corrected chi connectivity index (χ0v) is 16.7. The average molecular weight is 457 g/mol. The summed E-state index contributed by atoms with van der Waals surface area (Å²) in [5.41, 5.74) is -1.47. The smallest absolute Gasteiger partial charge is 0.356 e. The van der Waals surface area contributed by atoms with Gasteiger partial charge in [-0.3, -0.25) is 9.59 Å². The number of hydrogen-bond acceptors (Lipinski definition) is 4. The van der Waals surface area contributed by atoms with Crippen molar-refractivity contribution >= 4 is 34.2 Å². The number of hydrogen-bond donors (Lipinski definition) is 2. The topological polar surface area (TPSA) is 84.2 Å². The Bertz CT molecular complexity index is 1350. The summed E-state index contributed by atoms with van der Waals surface area (Å²) < 4.78 is 59.8. The molecule has 0 aliphatic carbocycles. The fourth-order valence-electron chi connectivity index (χ4n) is 3.22. The number of nitrogens with zero attached hydrogens (tertiary/aromatic N) is 1. The predicted octanol–water partition coefficient (Wildman–Crippen LogP) is 5.42. The second kappa shape index (κ2) is 8.73. The van der Waals surface area contributed by atoms with E-state index in [1.54, 1.807) is 24.3 Å². The van der Waals surface area contributed by atoms with Gasteiger partial charge < -0.3 is 15.2 Å². The molecule has 0 saturated heterocycles. The van der Waals surface area contributed by atoms with Gasteiger partial charge in [0.25, 0.3) is 5.91 Å². The van der Waals surface area contributed by atoms with E-state index >= 15 is 0 Å². The number of rotatable bonds is 5. The molecule has 33 heavy (non-hydrogen) atoms. The Morgan fingerprint density at radius 2 is 1.67 bits per heavy atom. The molecule has 0 aliphatic heterocycles. The third-order valence-corrected chi connectivity index (χ3v) is 4.76. The number of alkyl halides is 3. The Morgan fingerprint density at radius 1 is 0.939 bits per heavy atom. The lowest BCUT2D eigenvalue weighted by atomic mass is 10.1. The third kappa shape index (κ3) is 4.84. The number of carbonyl (C=O) groups excluding carboxylic acids is 2. The highest BCUT2D eigenvalue weighted by atomic mass is 19.4. The Hall–Kier alpha value is -4.21. The van der Waals surface area contributed by atoms with Crippen molar-refractivity contribution in [1.29, 1.82) is 0 Å². The lowest BCUT2D eigenvalue weighted by Gasteiger charge is -2.16. The largest absolute Gasteiger partial charge is 0.418 e. The van der Waals surface area contributed by atoms with Gasteiger partial charge in [-0.1, -0.05) is 29.4 Å². The van der Waals surface area contributed by atoms with Gasteiger partial charge in [-0.25, -0.2) is 4.39 Å². The molecule has 1 aromatic heterocycles. The average Bonchev–Trinajstić information content (AvgIpc) is 3.17. The van der Waals surface area contributed by atoms with Crippen LogP contribution in [0.25, 0.3) is 11.0 Å². The molecule has 0 unspecified atom stereocenters. The van der Waals surface area contributed by atoms with Crippen LogP contribution in [-0.4, -0.2) is 17.0 Å².